The van der Waals surface area contributed by atoms with E-state index in [1.807, 2.05) is 0 Å². The van der Waals surface area contributed by atoms with Gasteiger partial charge in [0.1, 0.15) is 0 Å². The van der Waals surface area contributed by atoms with Crippen molar-refractivity contribution in [1.82, 2.24) is 10.2 Å². The van der Waals surface area contributed by atoms with Crippen LogP contribution in [0.3, 0.4) is 0 Å². The molecule has 0 rings (SSSR count). The highest BCUT2D eigenvalue weighted by Gasteiger charge is 2.21. The van der Waals surface area contributed by atoms with E-state index in [4.69, 9.17) is 0 Å². The van der Waals surface area contributed by atoms with E-state index in [-0.39, 0.29) is 12.1 Å². The number of nitrogens with zero attached hydrogens (tertiary/aromatic N) is 1. The third-order valence-corrected chi connectivity index (χ3v) is 2.73. The number of hydrogen-bond donors (Lipinski definition) is 2. The summed E-state index contributed by atoms with van der Waals surface area (Å²) in [6, 6.07) is 0. The van der Waals surface area contributed by atoms with Gasteiger partial charge in [-0.2, -0.15) is 0 Å². The van der Waals surface area contributed by atoms with E-state index in [0.717, 1.165) is 25.9 Å². The first-order valence-corrected chi connectivity index (χ1v) is 6.04. The third-order valence-electron chi connectivity index (χ3n) is 2.73. The Labute approximate surface area is 94.9 Å². The minimum Gasteiger partial charge on any atom is -0.394 e. The van der Waals surface area contributed by atoms with Crippen LogP contribution in [0.2, 0.25) is 0 Å². The molecule has 92 valence electrons. The molecule has 0 radical (unpaired) electrons. The lowest BCUT2D eigenvalue weighted by Crippen LogP contribution is -2.46. The van der Waals surface area contributed by atoms with Gasteiger partial charge in [0.15, 0.2) is 0 Å². The largest absolute Gasteiger partial charge is 0.394 e. The maximum Gasteiger partial charge on any atom is 0.0610 e. The first kappa shape index (κ1) is 14.9. The zero-order valence-corrected chi connectivity index (χ0v) is 10.8. The van der Waals surface area contributed by atoms with Gasteiger partial charge in [0.05, 0.1) is 6.61 Å². The van der Waals surface area contributed by atoms with Crippen LogP contribution in [0.5, 0.6) is 0 Å². The molecule has 3 nitrogen and oxygen atoms in total. The summed E-state index contributed by atoms with van der Waals surface area (Å²) in [5, 5.41) is 12.8. The summed E-state index contributed by atoms with van der Waals surface area (Å²) in [5.74, 6) is 0. The minimum atomic E-state index is -0.0810. The molecule has 3 heteroatoms. The second kappa shape index (κ2) is 8.08. The highest BCUT2D eigenvalue weighted by atomic mass is 16.3. The second-order valence-electron chi connectivity index (χ2n) is 4.91. The summed E-state index contributed by atoms with van der Waals surface area (Å²) in [5.41, 5.74) is -0.0810. The van der Waals surface area contributed by atoms with Crippen LogP contribution in [0.1, 0.15) is 39.5 Å². The molecule has 0 amide bonds. The van der Waals surface area contributed by atoms with Gasteiger partial charge in [-0.3, -0.25) is 0 Å². The zero-order chi connectivity index (χ0) is 11.7. The lowest BCUT2D eigenvalue weighted by Gasteiger charge is -2.29. The molecule has 0 fully saturated rings. The highest BCUT2D eigenvalue weighted by Crippen LogP contribution is 2.13. The van der Waals surface area contributed by atoms with Gasteiger partial charge in [0.2, 0.25) is 0 Å². The number of rotatable bonds is 9. The summed E-state index contributed by atoms with van der Waals surface area (Å²) in [4.78, 5) is 2.20. The predicted molar refractivity (Wildman–Crippen MR) is 66.2 cm³/mol. The maximum atomic E-state index is 9.35. The maximum absolute atomic E-state index is 9.35. The van der Waals surface area contributed by atoms with Gasteiger partial charge in [-0.15, -0.1) is 0 Å². The summed E-state index contributed by atoms with van der Waals surface area (Å²) >= 11 is 0. The average molecular weight is 216 g/mol. The smallest absolute Gasteiger partial charge is 0.0610 e. The van der Waals surface area contributed by atoms with Crippen LogP contribution in [0, 0.1) is 0 Å². The Kier molecular flexibility index (Phi) is 8.02. The fourth-order valence-electron chi connectivity index (χ4n) is 1.59. The highest BCUT2D eigenvalue weighted by molar-refractivity contribution is 4.81. The Morgan fingerprint density at radius 1 is 1.27 bits per heavy atom. The Morgan fingerprint density at radius 2 is 1.93 bits per heavy atom. The van der Waals surface area contributed by atoms with E-state index in [2.05, 4.69) is 38.2 Å². The van der Waals surface area contributed by atoms with E-state index in [9.17, 15) is 5.11 Å². The molecular weight excluding hydrogens is 188 g/mol. The fourth-order valence-corrected chi connectivity index (χ4v) is 1.59. The topological polar surface area (TPSA) is 35.5 Å². The van der Waals surface area contributed by atoms with Crippen molar-refractivity contribution in [3.05, 3.63) is 0 Å². The van der Waals surface area contributed by atoms with Crippen molar-refractivity contribution < 1.29 is 5.11 Å². The lowest BCUT2D eigenvalue weighted by atomic mass is 9.95. The molecule has 1 unspecified atom stereocenters. The van der Waals surface area contributed by atoms with Crippen molar-refractivity contribution in [3.63, 3.8) is 0 Å². The van der Waals surface area contributed by atoms with Crippen LogP contribution in [-0.4, -0.2) is 49.3 Å². The molecule has 0 aromatic rings. The summed E-state index contributed by atoms with van der Waals surface area (Å²) in [6.07, 6.45) is 4.55. The van der Waals surface area contributed by atoms with E-state index in [1.165, 1.54) is 12.8 Å². The van der Waals surface area contributed by atoms with E-state index >= 15 is 0 Å². The number of unbranched alkanes of at least 4 members (excludes halogenated alkanes) is 1. The molecule has 0 aromatic carbocycles. The summed E-state index contributed by atoms with van der Waals surface area (Å²) in [6.45, 7) is 6.62. The molecule has 0 saturated heterocycles. The Hall–Kier alpha value is -0.120. The quantitative estimate of drug-likeness (QED) is 0.573. The molecule has 2 N–H and O–H groups in total. The van der Waals surface area contributed by atoms with Crippen molar-refractivity contribution >= 4 is 0 Å². The van der Waals surface area contributed by atoms with Crippen molar-refractivity contribution in [3.8, 4) is 0 Å². The van der Waals surface area contributed by atoms with Crippen LogP contribution in [0.4, 0.5) is 0 Å². The first-order valence-electron chi connectivity index (χ1n) is 6.04. The summed E-state index contributed by atoms with van der Waals surface area (Å²) in [7, 11) is 4.20. The van der Waals surface area contributed by atoms with Gasteiger partial charge < -0.3 is 15.3 Å². The molecule has 0 aliphatic heterocycles. The van der Waals surface area contributed by atoms with Crippen LogP contribution in [0.15, 0.2) is 0 Å². The summed E-state index contributed by atoms with van der Waals surface area (Å²) < 4.78 is 0. The zero-order valence-electron chi connectivity index (χ0n) is 10.8. The van der Waals surface area contributed by atoms with Crippen molar-refractivity contribution in [2.45, 2.75) is 45.1 Å². The Bertz CT molecular complexity index is 151. The van der Waals surface area contributed by atoms with Crippen molar-refractivity contribution in [1.29, 1.82) is 0 Å². The molecule has 0 heterocycles. The van der Waals surface area contributed by atoms with E-state index in [0.29, 0.717) is 0 Å². The monoisotopic (exact) mass is 216 g/mol. The lowest BCUT2D eigenvalue weighted by molar-refractivity contribution is 0.162. The molecule has 0 aromatic heterocycles. The number of aliphatic hydroxyl groups is 1. The van der Waals surface area contributed by atoms with E-state index < -0.39 is 0 Å². The van der Waals surface area contributed by atoms with Gasteiger partial charge in [-0.1, -0.05) is 13.3 Å². The number of hydrogen-bond acceptors (Lipinski definition) is 3. The molecule has 15 heavy (non-hydrogen) atoms. The van der Waals surface area contributed by atoms with Crippen LogP contribution in [-0.2, 0) is 0 Å². The molecule has 0 saturated carbocycles. The minimum absolute atomic E-state index is 0.0810. The average Bonchev–Trinajstić information content (AvgIpc) is 2.21. The second-order valence-corrected chi connectivity index (χ2v) is 4.91. The molecule has 0 spiro atoms. The van der Waals surface area contributed by atoms with Crippen molar-refractivity contribution in [2.75, 3.05) is 33.8 Å². The standard InChI is InChI=1S/C12H28N2O/c1-5-9-13-12(2,11-15)8-6-7-10-14(3)4/h13,15H,5-11H2,1-4H3. The van der Waals surface area contributed by atoms with Gasteiger partial charge in [-0.25, -0.2) is 0 Å². The van der Waals surface area contributed by atoms with Crippen LogP contribution < -0.4 is 5.32 Å². The molecule has 0 bridgehead atoms. The third kappa shape index (κ3) is 7.77. The molecular formula is C12H28N2O. The SMILES string of the molecule is CCCNC(C)(CO)CCCCN(C)C. The first-order chi connectivity index (χ1) is 7.04. The van der Waals surface area contributed by atoms with Crippen molar-refractivity contribution in [2.24, 2.45) is 0 Å². The Balaban J connectivity index is 3.67. The molecule has 0 aliphatic rings. The number of nitrogens with one attached hydrogen (secondary N) is 1. The van der Waals surface area contributed by atoms with Gasteiger partial charge in [-0.05, 0) is 53.4 Å². The van der Waals surface area contributed by atoms with E-state index in [1.54, 1.807) is 0 Å². The predicted octanol–water partition coefficient (Wildman–Crippen LogP) is 1.47. The normalized spacial score (nSPS) is 15.6. The fraction of sp³-hybridized carbons (Fsp3) is 1.00. The van der Waals surface area contributed by atoms with Crippen LogP contribution in [0.25, 0.3) is 0 Å². The van der Waals surface area contributed by atoms with Gasteiger partial charge in [0, 0.05) is 5.54 Å². The molecule has 1 atom stereocenters. The molecule has 0 aliphatic carbocycles. The van der Waals surface area contributed by atoms with Gasteiger partial charge >= 0.3 is 0 Å². The van der Waals surface area contributed by atoms with Crippen LogP contribution >= 0.6 is 0 Å². The number of aliphatic hydroxyl groups excluding tert-OH is 1. The Morgan fingerprint density at radius 3 is 2.40 bits per heavy atom. The van der Waals surface area contributed by atoms with Gasteiger partial charge in [0.25, 0.3) is 0 Å².